The van der Waals surface area contributed by atoms with Gasteiger partial charge in [-0.2, -0.15) is 0 Å². The molecule has 3 aromatic carbocycles. The first-order chi connectivity index (χ1) is 16.5. The maximum atomic E-state index is 13.0. The highest BCUT2D eigenvalue weighted by Crippen LogP contribution is 2.34. The highest BCUT2D eigenvalue weighted by Gasteiger charge is 2.30. The highest BCUT2D eigenvalue weighted by atomic mass is 16.5. The van der Waals surface area contributed by atoms with Crippen molar-refractivity contribution < 1.29 is 9.53 Å². The SMILES string of the molecule is COc1ccc2c(c1)C(c1ccc(C)cc1)=N[C@@H](CC(=O)Nc1ccccc1)c1nnc(C)n1-2. The maximum absolute atomic E-state index is 13.0. The molecular formula is C27H25N5O2. The number of amides is 1. The molecule has 0 saturated heterocycles. The quantitative estimate of drug-likeness (QED) is 0.472. The van der Waals surface area contributed by atoms with Crippen LogP contribution in [0.4, 0.5) is 5.69 Å². The number of anilines is 1. The summed E-state index contributed by atoms with van der Waals surface area (Å²) in [5, 5.41) is 11.7. The van der Waals surface area contributed by atoms with E-state index in [-0.39, 0.29) is 12.3 Å². The minimum absolute atomic E-state index is 0.132. The number of aliphatic imine (C=N–C) groups is 1. The molecular weight excluding hydrogens is 426 g/mol. The van der Waals surface area contributed by atoms with E-state index in [4.69, 9.17) is 9.73 Å². The van der Waals surface area contributed by atoms with Gasteiger partial charge < -0.3 is 10.1 Å². The van der Waals surface area contributed by atoms with Gasteiger partial charge in [0.05, 0.1) is 24.9 Å². The third-order valence-corrected chi connectivity index (χ3v) is 5.89. The zero-order chi connectivity index (χ0) is 23.7. The fourth-order valence-electron chi connectivity index (χ4n) is 4.19. The number of benzene rings is 3. The molecule has 0 bridgehead atoms. The summed E-state index contributed by atoms with van der Waals surface area (Å²) in [7, 11) is 1.65. The van der Waals surface area contributed by atoms with E-state index in [0.717, 1.165) is 45.4 Å². The Morgan fingerprint density at radius 1 is 1.00 bits per heavy atom. The summed E-state index contributed by atoms with van der Waals surface area (Å²) in [6, 6.07) is 23.0. The second kappa shape index (κ2) is 8.94. The van der Waals surface area contributed by atoms with Crippen LogP contribution in [0.5, 0.6) is 5.75 Å². The minimum Gasteiger partial charge on any atom is -0.497 e. The summed E-state index contributed by atoms with van der Waals surface area (Å²) >= 11 is 0. The number of aryl methyl sites for hydroxylation is 2. The zero-order valence-electron chi connectivity index (χ0n) is 19.3. The number of methoxy groups -OCH3 is 1. The van der Waals surface area contributed by atoms with Gasteiger partial charge in [-0.25, -0.2) is 0 Å². The molecule has 4 aromatic rings. The molecule has 0 aliphatic carbocycles. The number of fused-ring (bicyclic) bond motifs is 3. The van der Waals surface area contributed by atoms with Gasteiger partial charge in [-0.1, -0.05) is 48.0 Å². The van der Waals surface area contributed by atoms with E-state index in [9.17, 15) is 4.79 Å². The van der Waals surface area contributed by atoms with Crippen molar-refractivity contribution in [2.24, 2.45) is 4.99 Å². The fraction of sp³-hybridized carbons (Fsp3) is 0.185. The van der Waals surface area contributed by atoms with Gasteiger partial charge in [-0.05, 0) is 44.2 Å². The van der Waals surface area contributed by atoms with Gasteiger partial charge in [0.2, 0.25) is 5.91 Å². The predicted octanol–water partition coefficient (Wildman–Crippen LogP) is 4.81. The van der Waals surface area contributed by atoms with E-state index in [1.165, 1.54) is 0 Å². The standard InChI is InChI=1S/C27H25N5O2/c1-17-9-11-19(12-10-17)26-22-15-21(34-3)13-14-24(22)32-18(2)30-31-27(32)23(29-26)16-25(33)28-20-7-5-4-6-8-20/h4-15,23H,16H2,1-3H3,(H,28,33)/t23-/m0/s1. The first kappa shape index (κ1) is 21.6. The van der Waals surface area contributed by atoms with Gasteiger partial charge >= 0.3 is 0 Å². The van der Waals surface area contributed by atoms with Crippen molar-refractivity contribution in [3.8, 4) is 11.4 Å². The Hall–Kier alpha value is -4.26. The van der Waals surface area contributed by atoms with Crippen LogP contribution >= 0.6 is 0 Å². The van der Waals surface area contributed by atoms with Crippen molar-refractivity contribution in [3.63, 3.8) is 0 Å². The van der Waals surface area contributed by atoms with Gasteiger partial charge in [-0.3, -0.25) is 14.4 Å². The lowest BCUT2D eigenvalue weighted by molar-refractivity contribution is -0.116. The molecule has 0 fully saturated rings. The summed E-state index contributed by atoms with van der Waals surface area (Å²) in [5.74, 6) is 1.95. The Balaban J connectivity index is 1.64. The van der Waals surface area contributed by atoms with Gasteiger partial charge in [0.15, 0.2) is 5.82 Å². The van der Waals surface area contributed by atoms with Crippen LogP contribution in [0, 0.1) is 13.8 Å². The molecule has 0 spiro atoms. The first-order valence-corrected chi connectivity index (χ1v) is 11.1. The Kier molecular flexibility index (Phi) is 5.67. The number of rotatable bonds is 5. The Bertz CT molecular complexity index is 1370. The Labute approximate surface area is 198 Å². The molecule has 1 aliphatic heterocycles. The molecule has 0 unspecified atom stereocenters. The van der Waals surface area contributed by atoms with E-state index in [1.54, 1.807) is 7.11 Å². The lowest BCUT2D eigenvalue weighted by Gasteiger charge is -2.14. The molecule has 1 aromatic heterocycles. The van der Waals surface area contributed by atoms with Gasteiger partial charge in [0.1, 0.15) is 17.6 Å². The number of ether oxygens (including phenoxy) is 1. The molecule has 0 radical (unpaired) electrons. The summed E-state index contributed by atoms with van der Waals surface area (Å²) < 4.78 is 7.51. The van der Waals surface area contributed by atoms with Crippen molar-refractivity contribution in [1.29, 1.82) is 0 Å². The summed E-state index contributed by atoms with van der Waals surface area (Å²) in [6.07, 6.45) is 0.132. The van der Waals surface area contributed by atoms with Crippen molar-refractivity contribution >= 4 is 17.3 Å². The molecule has 5 rings (SSSR count). The second-order valence-electron chi connectivity index (χ2n) is 8.30. The van der Waals surface area contributed by atoms with Crippen LogP contribution in [-0.4, -0.2) is 33.5 Å². The van der Waals surface area contributed by atoms with Crippen LogP contribution in [0.1, 0.15) is 40.8 Å². The summed E-state index contributed by atoms with van der Waals surface area (Å²) in [6.45, 7) is 3.96. The number of hydrogen-bond donors (Lipinski definition) is 1. The average Bonchev–Trinajstić information content (AvgIpc) is 3.17. The smallest absolute Gasteiger partial charge is 0.227 e. The first-order valence-electron chi connectivity index (χ1n) is 11.1. The largest absolute Gasteiger partial charge is 0.497 e. The summed E-state index contributed by atoms with van der Waals surface area (Å²) in [5.41, 5.74) is 5.47. The van der Waals surface area contributed by atoms with E-state index in [0.29, 0.717) is 5.82 Å². The fourth-order valence-corrected chi connectivity index (χ4v) is 4.19. The van der Waals surface area contributed by atoms with Crippen molar-refractivity contribution in [3.05, 3.63) is 101 Å². The number of carbonyl (C=O) groups excluding carboxylic acids is 1. The van der Waals surface area contributed by atoms with Crippen molar-refractivity contribution in [1.82, 2.24) is 14.8 Å². The molecule has 1 aliphatic rings. The molecule has 2 heterocycles. The van der Waals surface area contributed by atoms with Crippen LogP contribution in [-0.2, 0) is 4.79 Å². The van der Waals surface area contributed by atoms with Gasteiger partial charge in [-0.15, -0.1) is 10.2 Å². The predicted molar refractivity (Wildman–Crippen MR) is 132 cm³/mol. The minimum atomic E-state index is -0.514. The third kappa shape index (κ3) is 4.08. The van der Waals surface area contributed by atoms with Crippen LogP contribution < -0.4 is 10.1 Å². The maximum Gasteiger partial charge on any atom is 0.227 e. The number of carbonyl (C=O) groups is 1. The molecule has 7 nitrogen and oxygen atoms in total. The molecule has 170 valence electrons. The lowest BCUT2D eigenvalue weighted by Crippen LogP contribution is -2.17. The molecule has 0 saturated carbocycles. The molecule has 1 amide bonds. The van der Waals surface area contributed by atoms with E-state index < -0.39 is 6.04 Å². The zero-order valence-corrected chi connectivity index (χ0v) is 19.3. The highest BCUT2D eigenvalue weighted by molar-refractivity contribution is 6.15. The average molecular weight is 452 g/mol. The van der Waals surface area contributed by atoms with Gasteiger partial charge in [0, 0.05) is 16.8 Å². The molecule has 1 N–H and O–H groups in total. The molecule has 7 heteroatoms. The topological polar surface area (TPSA) is 81.4 Å². The van der Waals surface area contributed by atoms with Crippen molar-refractivity contribution in [2.75, 3.05) is 12.4 Å². The van der Waals surface area contributed by atoms with Crippen LogP contribution in [0.25, 0.3) is 5.69 Å². The number of para-hydroxylation sites is 1. The van der Waals surface area contributed by atoms with E-state index in [1.807, 2.05) is 60.0 Å². The Morgan fingerprint density at radius 3 is 2.50 bits per heavy atom. The number of aromatic nitrogens is 3. The third-order valence-electron chi connectivity index (χ3n) is 5.89. The van der Waals surface area contributed by atoms with Crippen LogP contribution in [0.15, 0.2) is 77.8 Å². The van der Waals surface area contributed by atoms with Crippen molar-refractivity contribution in [2.45, 2.75) is 26.3 Å². The Morgan fingerprint density at radius 2 is 1.76 bits per heavy atom. The number of hydrogen-bond acceptors (Lipinski definition) is 5. The summed E-state index contributed by atoms with van der Waals surface area (Å²) in [4.78, 5) is 18.1. The van der Waals surface area contributed by atoms with E-state index in [2.05, 4.69) is 46.7 Å². The number of nitrogens with one attached hydrogen (secondary N) is 1. The van der Waals surface area contributed by atoms with E-state index >= 15 is 0 Å². The van der Waals surface area contributed by atoms with Gasteiger partial charge in [0.25, 0.3) is 0 Å². The number of nitrogens with zero attached hydrogens (tertiary/aromatic N) is 4. The molecule has 1 atom stereocenters. The molecule has 34 heavy (non-hydrogen) atoms. The lowest BCUT2D eigenvalue weighted by atomic mass is 9.99. The van der Waals surface area contributed by atoms with Crippen LogP contribution in [0.3, 0.4) is 0 Å². The second-order valence-corrected chi connectivity index (χ2v) is 8.30. The van der Waals surface area contributed by atoms with Crippen LogP contribution in [0.2, 0.25) is 0 Å². The normalized spacial score (nSPS) is 14.4. The monoisotopic (exact) mass is 451 g/mol.